The van der Waals surface area contributed by atoms with Crippen LogP contribution in [0.25, 0.3) is 0 Å². The van der Waals surface area contributed by atoms with Crippen molar-refractivity contribution < 1.29 is 0 Å². The van der Waals surface area contributed by atoms with Gasteiger partial charge in [0.05, 0.1) is 0 Å². The second kappa shape index (κ2) is 5.94. The summed E-state index contributed by atoms with van der Waals surface area (Å²) in [5.41, 5.74) is 1.42. The van der Waals surface area contributed by atoms with Crippen molar-refractivity contribution in [1.82, 2.24) is 10.2 Å². The van der Waals surface area contributed by atoms with Crippen LogP contribution in [-0.4, -0.2) is 30.1 Å². The molecule has 2 nitrogen and oxygen atoms in total. The van der Waals surface area contributed by atoms with Crippen LogP contribution in [-0.2, 0) is 6.54 Å². The maximum absolute atomic E-state index is 3.72. The first-order valence-electron chi connectivity index (χ1n) is 7.48. The Bertz CT molecular complexity index is 431. The first-order chi connectivity index (χ1) is 9.28. The topological polar surface area (TPSA) is 15.3 Å². The predicted octanol–water partition coefficient (Wildman–Crippen LogP) is 3.41. The zero-order valence-electron chi connectivity index (χ0n) is 11.6. The van der Waals surface area contributed by atoms with Gasteiger partial charge in [-0.3, -0.25) is 4.90 Å². The molecular weight excluding hydrogens is 300 g/mol. The van der Waals surface area contributed by atoms with E-state index in [9.17, 15) is 0 Å². The molecule has 0 radical (unpaired) electrons. The second-order valence-electron chi connectivity index (χ2n) is 5.94. The highest BCUT2D eigenvalue weighted by molar-refractivity contribution is 9.10. The number of halogens is 1. The summed E-state index contributed by atoms with van der Waals surface area (Å²) in [6.45, 7) is 5.74. The van der Waals surface area contributed by atoms with Crippen LogP contribution in [0.4, 0.5) is 0 Å². The average Bonchev–Trinajstić information content (AvgIpc) is 3.26. The lowest BCUT2D eigenvalue weighted by atomic mass is 10.0. The van der Waals surface area contributed by atoms with Crippen LogP contribution in [0.3, 0.4) is 0 Å². The molecule has 0 amide bonds. The van der Waals surface area contributed by atoms with E-state index >= 15 is 0 Å². The monoisotopic (exact) mass is 322 g/mol. The molecule has 1 aromatic rings. The molecule has 1 heterocycles. The van der Waals surface area contributed by atoms with Gasteiger partial charge in [-0.1, -0.05) is 41.1 Å². The Morgan fingerprint density at radius 3 is 2.79 bits per heavy atom. The van der Waals surface area contributed by atoms with Crippen molar-refractivity contribution in [2.75, 3.05) is 13.1 Å². The molecule has 0 spiro atoms. The minimum absolute atomic E-state index is 0.664. The smallest absolute Gasteiger partial charge is 0.0253 e. The van der Waals surface area contributed by atoms with Crippen molar-refractivity contribution in [2.24, 2.45) is 5.92 Å². The molecule has 104 valence electrons. The third-order valence-corrected chi connectivity index (χ3v) is 5.30. The standard InChI is InChI=1S/C16H23BrN2/c1-2-14-11-19(16(9-18-14)12-7-8-12)10-13-5-3-4-6-15(13)17/h3-6,12,14,16,18H,2,7-11H2,1H3. The fourth-order valence-electron chi connectivity index (χ4n) is 3.15. The van der Waals surface area contributed by atoms with E-state index in [2.05, 4.69) is 57.3 Å². The number of nitrogens with zero attached hydrogens (tertiary/aromatic N) is 1. The lowest BCUT2D eigenvalue weighted by molar-refractivity contribution is 0.106. The molecule has 3 rings (SSSR count). The summed E-state index contributed by atoms with van der Waals surface area (Å²) in [7, 11) is 0. The lowest BCUT2D eigenvalue weighted by Gasteiger charge is -2.40. The Morgan fingerprint density at radius 1 is 1.32 bits per heavy atom. The van der Waals surface area contributed by atoms with Crippen molar-refractivity contribution in [3.8, 4) is 0 Å². The summed E-state index contributed by atoms with van der Waals surface area (Å²) in [5.74, 6) is 0.938. The molecule has 1 saturated heterocycles. The van der Waals surface area contributed by atoms with Crippen molar-refractivity contribution in [3.05, 3.63) is 34.3 Å². The Balaban J connectivity index is 1.73. The van der Waals surface area contributed by atoms with Gasteiger partial charge in [0.1, 0.15) is 0 Å². The van der Waals surface area contributed by atoms with Crippen molar-refractivity contribution in [2.45, 2.75) is 44.8 Å². The molecule has 1 aromatic carbocycles. The largest absolute Gasteiger partial charge is 0.311 e. The van der Waals surface area contributed by atoms with Gasteiger partial charge in [-0.15, -0.1) is 0 Å². The van der Waals surface area contributed by atoms with Crippen molar-refractivity contribution in [3.63, 3.8) is 0 Å². The molecule has 0 aromatic heterocycles. The number of piperazine rings is 1. The van der Waals surface area contributed by atoms with Crippen LogP contribution >= 0.6 is 15.9 Å². The van der Waals surface area contributed by atoms with Crippen LogP contribution in [0.2, 0.25) is 0 Å². The predicted molar refractivity (Wildman–Crippen MR) is 83.1 cm³/mol. The second-order valence-corrected chi connectivity index (χ2v) is 6.79. The highest BCUT2D eigenvalue weighted by atomic mass is 79.9. The summed E-state index contributed by atoms with van der Waals surface area (Å²) in [6, 6.07) is 10.1. The van der Waals surface area contributed by atoms with E-state index in [0.717, 1.165) is 18.5 Å². The summed E-state index contributed by atoms with van der Waals surface area (Å²) >= 11 is 3.69. The van der Waals surface area contributed by atoms with E-state index < -0.39 is 0 Å². The molecule has 2 atom stereocenters. The highest BCUT2D eigenvalue weighted by Gasteiger charge is 2.38. The van der Waals surface area contributed by atoms with Gasteiger partial charge >= 0.3 is 0 Å². The summed E-state index contributed by atoms with van der Waals surface area (Å²) in [4.78, 5) is 2.71. The molecule has 2 unspecified atom stereocenters. The number of hydrogen-bond acceptors (Lipinski definition) is 2. The Morgan fingerprint density at radius 2 is 2.11 bits per heavy atom. The molecule has 1 saturated carbocycles. The molecule has 1 aliphatic carbocycles. The molecule has 0 bridgehead atoms. The van der Waals surface area contributed by atoms with Crippen LogP contribution < -0.4 is 5.32 Å². The van der Waals surface area contributed by atoms with Crippen molar-refractivity contribution >= 4 is 15.9 Å². The summed E-state index contributed by atoms with van der Waals surface area (Å²) in [6.07, 6.45) is 4.08. The van der Waals surface area contributed by atoms with E-state index in [1.165, 1.54) is 42.4 Å². The summed E-state index contributed by atoms with van der Waals surface area (Å²) < 4.78 is 1.25. The summed E-state index contributed by atoms with van der Waals surface area (Å²) in [5, 5.41) is 3.72. The first kappa shape index (κ1) is 13.6. The Hall–Kier alpha value is -0.380. The van der Waals surface area contributed by atoms with Gasteiger partial charge in [0.2, 0.25) is 0 Å². The molecule has 2 aliphatic rings. The number of hydrogen-bond donors (Lipinski definition) is 1. The third-order valence-electron chi connectivity index (χ3n) is 4.53. The van der Waals surface area contributed by atoms with Crippen molar-refractivity contribution in [1.29, 1.82) is 0 Å². The van der Waals surface area contributed by atoms with Crippen LogP contribution in [0.15, 0.2) is 28.7 Å². The first-order valence-corrected chi connectivity index (χ1v) is 8.28. The maximum Gasteiger partial charge on any atom is 0.0253 e. The van der Waals surface area contributed by atoms with Gasteiger partial charge in [-0.05, 0) is 36.8 Å². The molecule has 19 heavy (non-hydrogen) atoms. The van der Waals surface area contributed by atoms with Crippen LogP contribution in [0.1, 0.15) is 31.7 Å². The highest BCUT2D eigenvalue weighted by Crippen LogP contribution is 2.37. The molecule has 3 heteroatoms. The van der Waals surface area contributed by atoms with Crippen LogP contribution in [0, 0.1) is 5.92 Å². The molecular formula is C16H23BrN2. The number of benzene rings is 1. The van der Waals surface area contributed by atoms with E-state index in [0.29, 0.717) is 6.04 Å². The lowest BCUT2D eigenvalue weighted by Crippen LogP contribution is -2.56. The molecule has 1 aliphatic heterocycles. The number of rotatable bonds is 4. The van der Waals surface area contributed by atoms with Gasteiger partial charge in [0.25, 0.3) is 0 Å². The fraction of sp³-hybridized carbons (Fsp3) is 0.625. The maximum atomic E-state index is 3.72. The van der Waals surface area contributed by atoms with E-state index in [1.807, 2.05) is 0 Å². The van der Waals surface area contributed by atoms with Gasteiger partial charge in [0, 0.05) is 36.2 Å². The molecule has 2 fully saturated rings. The minimum Gasteiger partial charge on any atom is -0.311 e. The number of nitrogens with one attached hydrogen (secondary N) is 1. The van der Waals surface area contributed by atoms with Gasteiger partial charge in [-0.2, -0.15) is 0 Å². The van der Waals surface area contributed by atoms with E-state index in [4.69, 9.17) is 0 Å². The third kappa shape index (κ3) is 3.21. The average molecular weight is 323 g/mol. The SMILES string of the molecule is CCC1CN(Cc2ccccc2Br)C(C2CC2)CN1. The fourth-order valence-corrected chi connectivity index (χ4v) is 3.56. The quantitative estimate of drug-likeness (QED) is 0.913. The zero-order valence-corrected chi connectivity index (χ0v) is 13.2. The Labute approximate surface area is 124 Å². The zero-order chi connectivity index (χ0) is 13.2. The molecule has 1 N–H and O–H groups in total. The Kier molecular flexibility index (Phi) is 4.25. The van der Waals surface area contributed by atoms with Gasteiger partial charge < -0.3 is 5.32 Å². The van der Waals surface area contributed by atoms with Gasteiger partial charge in [-0.25, -0.2) is 0 Å². The van der Waals surface area contributed by atoms with E-state index in [-0.39, 0.29) is 0 Å². The van der Waals surface area contributed by atoms with E-state index in [1.54, 1.807) is 0 Å². The van der Waals surface area contributed by atoms with Crippen LogP contribution in [0.5, 0.6) is 0 Å². The normalized spacial score (nSPS) is 28.5. The minimum atomic E-state index is 0.664. The van der Waals surface area contributed by atoms with Gasteiger partial charge in [0.15, 0.2) is 0 Å².